The number of rotatable bonds is 7. The second-order valence-corrected chi connectivity index (χ2v) is 6.89. The van der Waals surface area contributed by atoms with Crippen LogP contribution in [0.4, 0.5) is 37.6 Å². The van der Waals surface area contributed by atoms with Crippen molar-refractivity contribution in [1.29, 1.82) is 0 Å². The normalized spacial score (nSPS) is 10.1. The Hall–Kier alpha value is -4.67. The van der Waals surface area contributed by atoms with Gasteiger partial charge in [-0.1, -0.05) is 20.4 Å². The van der Waals surface area contributed by atoms with Gasteiger partial charge in [-0.25, -0.2) is 13.8 Å². The highest BCUT2D eigenvalue weighted by Gasteiger charge is 2.14. The van der Waals surface area contributed by atoms with Gasteiger partial charge in [-0.05, 0) is 30.3 Å². The minimum atomic E-state index is -0.588. The first-order chi connectivity index (χ1) is 16.9. The van der Waals surface area contributed by atoms with E-state index in [1.54, 1.807) is 24.1 Å². The van der Waals surface area contributed by atoms with Crippen LogP contribution in [0.3, 0.4) is 0 Å². The van der Waals surface area contributed by atoms with Crippen molar-refractivity contribution >= 4 is 34.7 Å². The highest BCUT2D eigenvalue weighted by atomic mass is 19.1. The van der Waals surface area contributed by atoms with E-state index in [1.165, 1.54) is 36.7 Å². The Morgan fingerprint density at radius 3 is 2.54 bits per heavy atom. The Labute approximate surface area is 201 Å². The maximum Gasteiger partial charge on any atom is 0.247 e. The number of aromatic nitrogens is 5. The molecule has 11 heteroatoms. The lowest BCUT2D eigenvalue weighted by molar-refractivity contribution is -0.111. The Morgan fingerprint density at radius 2 is 1.86 bits per heavy atom. The van der Waals surface area contributed by atoms with Gasteiger partial charge >= 0.3 is 0 Å². The number of nitrogens with one attached hydrogen (secondary N) is 3. The molecule has 0 bridgehead atoms. The maximum absolute atomic E-state index is 14.6. The molecule has 0 fully saturated rings. The zero-order chi connectivity index (χ0) is 25.4. The quantitative estimate of drug-likeness (QED) is 0.314. The highest BCUT2D eigenvalue weighted by Crippen LogP contribution is 2.31. The molecule has 1 aromatic carbocycles. The molecule has 4 rings (SSSR count). The average Bonchev–Trinajstić information content (AvgIpc) is 3.27. The van der Waals surface area contributed by atoms with E-state index in [1.807, 2.05) is 13.8 Å². The van der Waals surface area contributed by atoms with Crippen molar-refractivity contribution in [3.05, 3.63) is 79.5 Å². The minimum Gasteiger partial charge on any atom is -0.337 e. The lowest BCUT2D eigenvalue weighted by Gasteiger charge is -2.14. The molecule has 9 nitrogen and oxygen atoms in total. The molecule has 4 aromatic rings. The molecule has 3 heterocycles. The topological polar surface area (TPSA) is 110 Å². The summed E-state index contributed by atoms with van der Waals surface area (Å²) < 4.78 is 30.0. The fourth-order valence-electron chi connectivity index (χ4n) is 2.94. The summed E-state index contributed by atoms with van der Waals surface area (Å²) in [6.45, 7) is 7.39. The standard InChI is InChI=1S/C22H18F2N8O.C2H6/c1-3-20(33)28-15-4-5-18(24)19(7-15)30-21-17(13-6-14(23)9-25-8-13)11-26-22(31-21)29-16-10-27-32(2)12-16;1-2/h3-12H,1H2,2H3,(H,28,33)(H2,26,29,30,31);1-2H3. The van der Waals surface area contributed by atoms with Crippen LogP contribution < -0.4 is 16.0 Å². The van der Waals surface area contributed by atoms with E-state index in [0.29, 0.717) is 22.5 Å². The molecule has 0 saturated heterocycles. The molecule has 3 aromatic heterocycles. The van der Waals surface area contributed by atoms with Crippen LogP contribution in [0.2, 0.25) is 0 Å². The third kappa shape index (κ3) is 6.44. The van der Waals surface area contributed by atoms with Crippen LogP contribution in [-0.2, 0) is 11.8 Å². The van der Waals surface area contributed by atoms with Crippen molar-refractivity contribution in [3.63, 3.8) is 0 Å². The van der Waals surface area contributed by atoms with Crippen LogP contribution >= 0.6 is 0 Å². The van der Waals surface area contributed by atoms with Crippen LogP contribution in [0.15, 0.2) is 67.9 Å². The lowest BCUT2D eigenvalue weighted by Crippen LogP contribution is -2.08. The Morgan fingerprint density at radius 1 is 1.06 bits per heavy atom. The van der Waals surface area contributed by atoms with Crippen LogP contribution in [0.5, 0.6) is 0 Å². The highest BCUT2D eigenvalue weighted by molar-refractivity contribution is 5.99. The van der Waals surface area contributed by atoms with Gasteiger partial charge in [-0.3, -0.25) is 14.5 Å². The fraction of sp³-hybridized carbons (Fsp3) is 0.125. The molecule has 0 saturated carbocycles. The van der Waals surface area contributed by atoms with Gasteiger partial charge in [0, 0.05) is 42.5 Å². The number of hydrogen-bond donors (Lipinski definition) is 3. The summed E-state index contributed by atoms with van der Waals surface area (Å²) in [6.07, 6.45) is 8.40. The number of carbonyl (C=O) groups excluding carboxylic acids is 1. The number of aryl methyl sites for hydroxylation is 1. The van der Waals surface area contributed by atoms with Crippen LogP contribution in [0.1, 0.15) is 13.8 Å². The van der Waals surface area contributed by atoms with Crippen LogP contribution in [0.25, 0.3) is 11.1 Å². The van der Waals surface area contributed by atoms with Gasteiger partial charge in [0.25, 0.3) is 0 Å². The smallest absolute Gasteiger partial charge is 0.247 e. The molecule has 0 unspecified atom stereocenters. The summed E-state index contributed by atoms with van der Waals surface area (Å²) in [7, 11) is 1.76. The summed E-state index contributed by atoms with van der Waals surface area (Å²) in [5.74, 6) is -1.18. The molecule has 0 aliphatic carbocycles. The molecule has 3 N–H and O–H groups in total. The van der Waals surface area contributed by atoms with Gasteiger partial charge in [0.1, 0.15) is 17.5 Å². The Bertz CT molecular complexity index is 1340. The molecule has 0 spiro atoms. The van der Waals surface area contributed by atoms with E-state index >= 15 is 0 Å². The fourth-order valence-corrected chi connectivity index (χ4v) is 2.94. The van der Waals surface area contributed by atoms with E-state index in [2.05, 4.69) is 42.6 Å². The predicted octanol–water partition coefficient (Wildman–Crippen LogP) is 5.19. The monoisotopic (exact) mass is 478 g/mol. The number of benzene rings is 1. The van der Waals surface area contributed by atoms with Crippen LogP contribution in [-0.4, -0.2) is 30.6 Å². The predicted molar refractivity (Wildman–Crippen MR) is 132 cm³/mol. The molecular formula is C24H24F2N8O. The van der Waals surface area contributed by atoms with Gasteiger partial charge in [0.2, 0.25) is 11.9 Å². The summed E-state index contributed by atoms with van der Waals surface area (Å²) in [4.78, 5) is 24.2. The molecule has 180 valence electrons. The number of nitrogens with zero attached hydrogens (tertiary/aromatic N) is 5. The van der Waals surface area contributed by atoms with Crippen molar-refractivity contribution in [3.8, 4) is 11.1 Å². The zero-order valence-electron chi connectivity index (χ0n) is 19.4. The maximum atomic E-state index is 14.6. The molecule has 0 atom stereocenters. The van der Waals surface area contributed by atoms with Crippen LogP contribution in [0, 0.1) is 11.6 Å². The molecular weight excluding hydrogens is 454 g/mol. The summed E-state index contributed by atoms with van der Waals surface area (Å²) in [5.41, 5.74) is 1.80. The van der Waals surface area contributed by atoms with Gasteiger partial charge in [0.05, 0.1) is 23.8 Å². The van der Waals surface area contributed by atoms with E-state index in [4.69, 9.17) is 0 Å². The Kier molecular flexibility index (Phi) is 8.17. The van der Waals surface area contributed by atoms with Crippen molar-refractivity contribution in [2.45, 2.75) is 13.8 Å². The van der Waals surface area contributed by atoms with E-state index in [-0.39, 0.29) is 17.5 Å². The first-order valence-electron chi connectivity index (χ1n) is 10.6. The van der Waals surface area contributed by atoms with Crippen molar-refractivity contribution in [2.75, 3.05) is 16.0 Å². The van der Waals surface area contributed by atoms with Crippen molar-refractivity contribution in [2.24, 2.45) is 7.05 Å². The summed E-state index contributed by atoms with van der Waals surface area (Å²) >= 11 is 0. The number of amides is 1. The second kappa shape index (κ2) is 11.5. The SMILES string of the molecule is C=CC(=O)Nc1ccc(F)c(Nc2nc(Nc3cnn(C)c3)ncc2-c2cncc(F)c2)c1.CC. The third-order valence-corrected chi connectivity index (χ3v) is 4.44. The van der Waals surface area contributed by atoms with Gasteiger partial charge in [-0.2, -0.15) is 10.1 Å². The first kappa shape index (κ1) is 25.0. The van der Waals surface area contributed by atoms with E-state index in [9.17, 15) is 13.6 Å². The zero-order valence-corrected chi connectivity index (χ0v) is 19.4. The van der Waals surface area contributed by atoms with E-state index in [0.717, 1.165) is 12.3 Å². The largest absolute Gasteiger partial charge is 0.337 e. The molecule has 1 amide bonds. The molecule has 35 heavy (non-hydrogen) atoms. The molecule has 0 aliphatic heterocycles. The second-order valence-electron chi connectivity index (χ2n) is 6.89. The lowest BCUT2D eigenvalue weighted by atomic mass is 10.1. The number of carbonyl (C=O) groups is 1. The van der Waals surface area contributed by atoms with Gasteiger partial charge < -0.3 is 16.0 Å². The van der Waals surface area contributed by atoms with Crippen molar-refractivity contribution < 1.29 is 13.6 Å². The Balaban J connectivity index is 0.00000167. The number of pyridine rings is 1. The number of anilines is 5. The first-order valence-corrected chi connectivity index (χ1v) is 10.6. The van der Waals surface area contributed by atoms with Gasteiger partial charge in [0.15, 0.2) is 0 Å². The minimum absolute atomic E-state index is 0.0357. The number of halogens is 2. The third-order valence-electron chi connectivity index (χ3n) is 4.44. The van der Waals surface area contributed by atoms with E-state index < -0.39 is 17.5 Å². The van der Waals surface area contributed by atoms with Crippen molar-refractivity contribution in [1.82, 2.24) is 24.7 Å². The number of hydrogen-bond acceptors (Lipinski definition) is 7. The average molecular weight is 479 g/mol. The summed E-state index contributed by atoms with van der Waals surface area (Å²) in [6, 6.07) is 5.28. The molecule has 0 radical (unpaired) electrons. The van der Waals surface area contributed by atoms with Gasteiger partial charge in [-0.15, -0.1) is 0 Å². The molecule has 0 aliphatic rings. The summed E-state index contributed by atoms with van der Waals surface area (Å²) in [5, 5.41) is 12.6.